The van der Waals surface area contributed by atoms with Gasteiger partial charge in [-0.1, -0.05) is 35.9 Å². The third kappa shape index (κ3) is 3.73. The molecule has 0 bridgehead atoms. The highest BCUT2D eigenvalue weighted by Gasteiger charge is 2.15. The lowest BCUT2D eigenvalue weighted by molar-refractivity contribution is 0.546. The monoisotopic (exact) mass is 310 g/mol. The fourth-order valence-corrected chi connectivity index (χ4v) is 3.15. The molecule has 0 amide bonds. The third-order valence-corrected chi connectivity index (χ3v) is 4.54. The summed E-state index contributed by atoms with van der Waals surface area (Å²) in [5.74, 6) is 5.85. The van der Waals surface area contributed by atoms with Crippen LogP contribution in [-0.4, -0.2) is 5.75 Å². The molecular weight excluding hydrogens is 295 g/mol. The topological polar surface area (TPSA) is 38.0 Å². The number of rotatable bonds is 5. The molecule has 0 saturated carbocycles. The lowest BCUT2D eigenvalue weighted by Gasteiger charge is -2.17. The second-order valence-corrected chi connectivity index (χ2v) is 5.96. The largest absolute Gasteiger partial charge is 0.271 e. The predicted molar refractivity (Wildman–Crippen MR) is 83.4 cm³/mol. The zero-order valence-corrected chi connectivity index (χ0v) is 12.6. The minimum absolute atomic E-state index is 0.267. The average molecular weight is 311 g/mol. The molecule has 106 valence electrons. The number of hydrogen-bond acceptors (Lipinski definition) is 3. The maximum absolute atomic E-state index is 13.9. The highest BCUT2D eigenvalue weighted by atomic mass is 35.5. The first-order valence-electron chi connectivity index (χ1n) is 6.21. The molecule has 1 atom stereocenters. The molecule has 5 heteroatoms. The SMILES string of the molecule is Cc1ccccc1SCC(NN)c1ccc(Cl)cc1F. The number of hydrogen-bond donors (Lipinski definition) is 2. The Morgan fingerprint density at radius 3 is 2.70 bits per heavy atom. The zero-order valence-electron chi connectivity index (χ0n) is 11.1. The van der Waals surface area contributed by atoms with Crippen molar-refractivity contribution in [1.29, 1.82) is 0 Å². The number of hydrazine groups is 1. The van der Waals surface area contributed by atoms with Crippen molar-refractivity contribution in [2.24, 2.45) is 5.84 Å². The molecule has 2 rings (SSSR count). The molecule has 0 spiro atoms. The van der Waals surface area contributed by atoms with Crippen LogP contribution in [0.25, 0.3) is 0 Å². The molecule has 0 fully saturated rings. The molecule has 3 N–H and O–H groups in total. The molecule has 0 saturated heterocycles. The number of halogens is 2. The smallest absolute Gasteiger partial charge is 0.129 e. The summed E-state index contributed by atoms with van der Waals surface area (Å²) < 4.78 is 13.9. The summed E-state index contributed by atoms with van der Waals surface area (Å²) in [5.41, 5.74) is 4.39. The van der Waals surface area contributed by atoms with Crippen LogP contribution in [0.3, 0.4) is 0 Å². The Kier molecular flexibility index (Phi) is 5.43. The molecule has 1 unspecified atom stereocenters. The van der Waals surface area contributed by atoms with Gasteiger partial charge in [0.05, 0.1) is 6.04 Å². The van der Waals surface area contributed by atoms with Crippen molar-refractivity contribution in [3.05, 3.63) is 64.4 Å². The van der Waals surface area contributed by atoms with Crippen LogP contribution in [0.15, 0.2) is 47.4 Å². The second kappa shape index (κ2) is 7.09. The van der Waals surface area contributed by atoms with Crippen molar-refractivity contribution >= 4 is 23.4 Å². The number of aryl methyl sites for hydroxylation is 1. The Labute approximate surface area is 127 Å². The van der Waals surface area contributed by atoms with E-state index in [-0.39, 0.29) is 11.9 Å². The highest BCUT2D eigenvalue weighted by molar-refractivity contribution is 7.99. The summed E-state index contributed by atoms with van der Waals surface area (Å²) >= 11 is 7.41. The average Bonchev–Trinajstić information content (AvgIpc) is 2.43. The Hall–Kier alpha value is -1.07. The van der Waals surface area contributed by atoms with Crippen LogP contribution in [0.2, 0.25) is 5.02 Å². The van der Waals surface area contributed by atoms with E-state index in [4.69, 9.17) is 17.4 Å². The molecule has 2 aromatic rings. The lowest BCUT2D eigenvalue weighted by Crippen LogP contribution is -2.30. The van der Waals surface area contributed by atoms with Gasteiger partial charge < -0.3 is 0 Å². The summed E-state index contributed by atoms with van der Waals surface area (Å²) in [5, 5.41) is 0.383. The minimum Gasteiger partial charge on any atom is -0.271 e. The van der Waals surface area contributed by atoms with Crippen LogP contribution >= 0.6 is 23.4 Å². The van der Waals surface area contributed by atoms with E-state index in [1.54, 1.807) is 23.9 Å². The van der Waals surface area contributed by atoms with Crippen molar-refractivity contribution in [2.75, 3.05) is 5.75 Å². The maximum Gasteiger partial charge on any atom is 0.129 e. The summed E-state index contributed by atoms with van der Waals surface area (Å²) in [6.07, 6.45) is 0. The van der Waals surface area contributed by atoms with Gasteiger partial charge in [-0.25, -0.2) is 4.39 Å². The van der Waals surface area contributed by atoms with E-state index in [1.165, 1.54) is 16.5 Å². The summed E-state index contributed by atoms with van der Waals surface area (Å²) in [7, 11) is 0. The number of nitrogens with one attached hydrogen (secondary N) is 1. The van der Waals surface area contributed by atoms with Gasteiger partial charge in [-0.15, -0.1) is 11.8 Å². The van der Waals surface area contributed by atoms with Gasteiger partial charge >= 0.3 is 0 Å². The van der Waals surface area contributed by atoms with Crippen molar-refractivity contribution in [3.63, 3.8) is 0 Å². The van der Waals surface area contributed by atoms with E-state index in [2.05, 4.69) is 18.4 Å². The summed E-state index contributed by atoms with van der Waals surface area (Å²) in [4.78, 5) is 1.17. The third-order valence-electron chi connectivity index (χ3n) is 3.04. The normalized spacial score (nSPS) is 12.4. The first-order valence-corrected chi connectivity index (χ1v) is 7.57. The molecule has 0 aliphatic rings. The number of benzene rings is 2. The summed E-state index contributed by atoms with van der Waals surface area (Å²) in [6.45, 7) is 2.05. The molecule has 0 aromatic heterocycles. The molecule has 2 nitrogen and oxygen atoms in total. The van der Waals surface area contributed by atoms with E-state index in [0.29, 0.717) is 16.3 Å². The van der Waals surface area contributed by atoms with Gasteiger partial charge in [0.15, 0.2) is 0 Å². The standard InChI is InChI=1S/C15H16ClFN2S/c1-10-4-2-3-5-15(10)20-9-14(19-18)12-7-6-11(16)8-13(12)17/h2-8,14,19H,9,18H2,1H3. The molecule has 0 radical (unpaired) electrons. The highest BCUT2D eigenvalue weighted by Crippen LogP contribution is 2.28. The van der Waals surface area contributed by atoms with Gasteiger partial charge in [0, 0.05) is 21.2 Å². The number of thioether (sulfide) groups is 1. The molecule has 0 aliphatic heterocycles. The molecule has 0 aliphatic carbocycles. The molecule has 2 aromatic carbocycles. The summed E-state index contributed by atoms with van der Waals surface area (Å²) in [6, 6.07) is 12.5. The van der Waals surface area contributed by atoms with Gasteiger partial charge in [-0.3, -0.25) is 11.3 Å². The van der Waals surface area contributed by atoms with E-state index >= 15 is 0 Å². The van der Waals surface area contributed by atoms with Gasteiger partial charge in [0.1, 0.15) is 5.82 Å². The van der Waals surface area contributed by atoms with Crippen molar-refractivity contribution in [2.45, 2.75) is 17.9 Å². The Morgan fingerprint density at radius 2 is 2.05 bits per heavy atom. The van der Waals surface area contributed by atoms with Gasteiger partial charge in [-0.05, 0) is 30.7 Å². The maximum atomic E-state index is 13.9. The van der Waals surface area contributed by atoms with Crippen LogP contribution in [-0.2, 0) is 0 Å². The minimum atomic E-state index is -0.342. The van der Waals surface area contributed by atoms with E-state index in [0.717, 1.165) is 0 Å². The van der Waals surface area contributed by atoms with Crippen LogP contribution < -0.4 is 11.3 Å². The van der Waals surface area contributed by atoms with Crippen molar-refractivity contribution in [1.82, 2.24) is 5.43 Å². The van der Waals surface area contributed by atoms with Crippen LogP contribution in [0.4, 0.5) is 4.39 Å². The fourth-order valence-electron chi connectivity index (χ4n) is 1.90. The van der Waals surface area contributed by atoms with Crippen molar-refractivity contribution < 1.29 is 4.39 Å². The van der Waals surface area contributed by atoms with E-state index in [1.807, 2.05) is 18.2 Å². The first kappa shape index (κ1) is 15.3. The quantitative estimate of drug-likeness (QED) is 0.496. The van der Waals surface area contributed by atoms with Crippen molar-refractivity contribution in [3.8, 4) is 0 Å². The fraction of sp³-hybridized carbons (Fsp3) is 0.200. The predicted octanol–water partition coefficient (Wildman–Crippen LogP) is 4.08. The zero-order chi connectivity index (χ0) is 14.5. The Morgan fingerprint density at radius 1 is 1.30 bits per heavy atom. The van der Waals surface area contributed by atoms with Gasteiger partial charge in [-0.2, -0.15) is 0 Å². The Bertz CT molecular complexity index is 592. The van der Waals surface area contributed by atoms with E-state index in [9.17, 15) is 4.39 Å². The molecule has 0 heterocycles. The van der Waals surface area contributed by atoms with Gasteiger partial charge in [0.2, 0.25) is 0 Å². The first-order chi connectivity index (χ1) is 9.61. The molecule has 20 heavy (non-hydrogen) atoms. The lowest BCUT2D eigenvalue weighted by atomic mass is 10.1. The van der Waals surface area contributed by atoms with Crippen LogP contribution in [0, 0.1) is 12.7 Å². The number of nitrogens with two attached hydrogens (primary N) is 1. The Balaban J connectivity index is 2.11. The second-order valence-electron chi connectivity index (χ2n) is 4.46. The van der Waals surface area contributed by atoms with Crippen LogP contribution in [0.1, 0.15) is 17.2 Å². The van der Waals surface area contributed by atoms with E-state index < -0.39 is 0 Å². The van der Waals surface area contributed by atoms with Gasteiger partial charge in [0.25, 0.3) is 0 Å². The molecular formula is C15H16ClFN2S. The van der Waals surface area contributed by atoms with Crippen LogP contribution in [0.5, 0.6) is 0 Å².